The Labute approximate surface area is 162 Å². The van der Waals surface area contributed by atoms with Gasteiger partial charge in [-0.05, 0) is 42.9 Å². The van der Waals surface area contributed by atoms with Gasteiger partial charge in [0.05, 0.1) is 17.2 Å². The van der Waals surface area contributed by atoms with Gasteiger partial charge in [0, 0.05) is 24.4 Å². The Morgan fingerprint density at radius 3 is 2.67 bits per heavy atom. The van der Waals surface area contributed by atoms with Crippen LogP contribution in [0.4, 0.5) is 0 Å². The molecule has 5 nitrogen and oxygen atoms in total. The first kappa shape index (κ1) is 19.2. The van der Waals surface area contributed by atoms with E-state index >= 15 is 0 Å². The molecule has 1 N–H and O–H groups in total. The fraction of sp³-hybridized carbons (Fsp3) is 0.286. The van der Waals surface area contributed by atoms with Gasteiger partial charge in [0.1, 0.15) is 0 Å². The summed E-state index contributed by atoms with van der Waals surface area (Å²) in [4.78, 5) is 29.9. The number of hydrogen-bond acceptors (Lipinski definition) is 4. The molecule has 1 amide bonds. The van der Waals surface area contributed by atoms with E-state index in [2.05, 4.69) is 22.4 Å². The zero-order valence-corrected chi connectivity index (χ0v) is 16.0. The standard InChI is InChI=1S/C21H23N3O2S/c25-20(22-13-7-15-27-17-8-2-1-3-9-17)12-6-14-24-16-23-19-11-5-4-10-18(19)21(24)26/h1-5,8-11,16H,6-7,12-15H2,(H,22,25). The first-order valence-electron chi connectivity index (χ1n) is 9.13. The van der Waals surface area contributed by atoms with E-state index in [-0.39, 0.29) is 11.5 Å². The third kappa shape index (κ3) is 5.69. The maximum Gasteiger partial charge on any atom is 0.261 e. The summed E-state index contributed by atoms with van der Waals surface area (Å²) in [7, 11) is 0. The van der Waals surface area contributed by atoms with Crippen LogP contribution in [0.2, 0.25) is 0 Å². The van der Waals surface area contributed by atoms with Gasteiger partial charge in [0.25, 0.3) is 5.56 Å². The van der Waals surface area contributed by atoms with E-state index in [0.29, 0.717) is 36.8 Å². The number of benzene rings is 2. The summed E-state index contributed by atoms with van der Waals surface area (Å²) >= 11 is 1.79. The molecule has 6 heteroatoms. The first-order valence-corrected chi connectivity index (χ1v) is 10.1. The number of hydrogen-bond donors (Lipinski definition) is 1. The molecular formula is C21H23N3O2S. The van der Waals surface area contributed by atoms with Gasteiger partial charge in [-0.3, -0.25) is 14.2 Å². The van der Waals surface area contributed by atoms with Gasteiger partial charge in [-0.15, -0.1) is 11.8 Å². The van der Waals surface area contributed by atoms with Crippen LogP contribution in [0.25, 0.3) is 10.9 Å². The fourth-order valence-electron chi connectivity index (χ4n) is 2.77. The maximum absolute atomic E-state index is 12.4. The zero-order chi connectivity index (χ0) is 18.9. The normalized spacial score (nSPS) is 10.8. The van der Waals surface area contributed by atoms with Gasteiger partial charge in [-0.25, -0.2) is 4.98 Å². The van der Waals surface area contributed by atoms with Crippen LogP contribution < -0.4 is 10.9 Å². The topological polar surface area (TPSA) is 64.0 Å². The number of nitrogens with one attached hydrogen (secondary N) is 1. The second kappa shape index (κ2) is 9.92. The maximum atomic E-state index is 12.4. The molecule has 1 heterocycles. The smallest absolute Gasteiger partial charge is 0.261 e. The lowest BCUT2D eigenvalue weighted by Gasteiger charge is -2.07. The highest BCUT2D eigenvalue weighted by Crippen LogP contribution is 2.17. The monoisotopic (exact) mass is 381 g/mol. The Morgan fingerprint density at radius 1 is 1.04 bits per heavy atom. The number of fused-ring (bicyclic) bond motifs is 1. The number of aryl methyl sites for hydroxylation is 1. The van der Waals surface area contributed by atoms with Gasteiger partial charge >= 0.3 is 0 Å². The highest BCUT2D eigenvalue weighted by atomic mass is 32.2. The Balaban J connectivity index is 1.35. The lowest BCUT2D eigenvalue weighted by atomic mass is 10.2. The van der Waals surface area contributed by atoms with Crippen molar-refractivity contribution in [3.05, 3.63) is 71.3 Å². The van der Waals surface area contributed by atoms with Crippen LogP contribution in [0, 0.1) is 0 Å². The minimum absolute atomic E-state index is 0.0292. The van der Waals surface area contributed by atoms with Gasteiger partial charge in [0.2, 0.25) is 5.91 Å². The van der Waals surface area contributed by atoms with Crippen LogP contribution in [-0.4, -0.2) is 27.8 Å². The molecule has 3 rings (SSSR count). The van der Waals surface area contributed by atoms with Crippen LogP contribution >= 0.6 is 11.8 Å². The molecule has 27 heavy (non-hydrogen) atoms. The minimum Gasteiger partial charge on any atom is -0.356 e. The second-order valence-electron chi connectivity index (χ2n) is 6.23. The molecule has 1 aromatic heterocycles. The molecular weight excluding hydrogens is 358 g/mol. The van der Waals surface area contributed by atoms with Crippen molar-refractivity contribution < 1.29 is 4.79 Å². The van der Waals surface area contributed by atoms with Crippen molar-refractivity contribution in [2.75, 3.05) is 12.3 Å². The van der Waals surface area contributed by atoms with E-state index in [1.165, 1.54) is 4.90 Å². The Hall–Kier alpha value is -2.60. The molecule has 140 valence electrons. The molecule has 2 aromatic carbocycles. The highest BCUT2D eigenvalue weighted by molar-refractivity contribution is 7.99. The SMILES string of the molecule is O=C(CCCn1cnc2ccccc2c1=O)NCCCSc1ccccc1. The van der Waals surface area contributed by atoms with E-state index in [9.17, 15) is 9.59 Å². The summed E-state index contributed by atoms with van der Waals surface area (Å²) in [6, 6.07) is 17.5. The molecule has 3 aromatic rings. The molecule has 0 aliphatic heterocycles. The fourth-order valence-corrected chi connectivity index (χ4v) is 3.64. The van der Waals surface area contributed by atoms with Crippen LogP contribution in [0.3, 0.4) is 0 Å². The van der Waals surface area contributed by atoms with Crippen LogP contribution in [-0.2, 0) is 11.3 Å². The van der Waals surface area contributed by atoms with Crippen molar-refractivity contribution in [1.29, 1.82) is 0 Å². The number of thioether (sulfide) groups is 1. The predicted molar refractivity (Wildman–Crippen MR) is 110 cm³/mol. The third-order valence-electron chi connectivity index (χ3n) is 4.19. The number of carbonyl (C=O) groups excluding carboxylic acids is 1. The number of aromatic nitrogens is 2. The summed E-state index contributed by atoms with van der Waals surface area (Å²) < 4.78 is 1.58. The first-order chi connectivity index (χ1) is 13.2. The average Bonchev–Trinajstić information content (AvgIpc) is 2.70. The van der Waals surface area contributed by atoms with Crippen LogP contribution in [0.15, 0.2) is 70.6 Å². The summed E-state index contributed by atoms with van der Waals surface area (Å²) in [5.41, 5.74) is 0.642. The molecule has 0 unspecified atom stereocenters. The van der Waals surface area contributed by atoms with E-state index in [0.717, 1.165) is 12.2 Å². The quantitative estimate of drug-likeness (QED) is 0.455. The largest absolute Gasteiger partial charge is 0.356 e. The molecule has 0 saturated carbocycles. The van der Waals surface area contributed by atoms with Gasteiger partial charge in [-0.1, -0.05) is 30.3 Å². The molecule has 0 spiro atoms. The van der Waals surface area contributed by atoms with E-state index < -0.39 is 0 Å². The molecule has 0 bridgehead atoms. The van der Waals surface area contributed by atoms with E-state index in [1.54, 1.807) is 28.7 Å². The third-order valence-corrected chi connectivity index (χ3v) is 5.29. The summed E-state index contributed by atoms with van der Waals surface area (Å²) in [5.74, 6) is 1.00. The van der Waals surface area contributed by atoms with Crippen molar-refractivity contribution >= 4 is 28.6 Å². The lowest BCUT2D eigenvalue weighted by molar-refractivity contribution is -0.121. The van der Waals surface area contributed by atoms with Gasteiger partial charge < -0.3 is 5.32 Å². The number of carbonyl (C=O) groups is 1. The highest BCUT2D eigenvalue weighted by Gasteiger charge is 2.05. The van der Waals surface area contributed by atoms with Crippen molar-refractivity contribution in [1.82, 2.24) is 14.9 Å². The zero-order valence-electron chi connectivity index (χ0n) is 15.1. The number of para-hydroxylation sites is 1. The van der Waals surface area contributed by atoms with E-state index in [4.69, 9.17) is 0 Å². The Morgan fingerprint density at radius 2 is 1.81 bits per heavy atom. The number of rotatable bonds is 9. The molecule has 0 saturated heterocycles. The van der Waals surface area contributed by atoms with Crippen LogP contribution in [0.5, 0.6) is 0 Å². The van der Waals surface area contributed by atoms with Crippen molar-refractivity contribution in [2.24, 2.45) is 0 Å². The average molecular weight is 382 g/mol. The number of amides is 1. The van der Waals surface area contributed by atoms with Crippen molar-refractivity contribution in [3.63, 3.8) is 0 Å². The summed E-state index contributed by atoms with van der Waals surface area (Å²) in [6.07, 6.45) is 3.51. The molecule has 0 atom stereocenters. The second-order valence-corrected chi connectivity index (χ2v) is 7.40. The van der Waals surface area contributed by atoms with Crippen molar-refractivity contribution in [2.45, 2.75) is 30.7 Å². The van der Waals surface area contributed by atoms with Crippen LogP contribution in [0.1, 0.15) is 19.3 Å². The molecule has 0 aliphatic carbocycles. The Kier molecular flexibility index (Phi) is 7.04. The summed E-state index contributed by atoms with van der Waals surface area (Å²) in [6.45, 7) is 1.17. The molecule has 0 radical (unpaired) electrons. The lowest BCUT2D eigenvalue weighted by Crippen LogP contribution is -2.26. The minimum atomic E-state index is -0.0565. The molecule has 0 aliphatic rings. The molecule has 0 fully saturated rings. The van der Waals surface area contributed by atoms with E-state index in [1.807, 2.05) is 36.4 Å². The van der Waals surface area contributed by atoms with Gasteiger partial charge in [-0.2, -0.15) is 0 Å². The predicted octanol–water partition coefficient (Wildman–Crippen LogP) is 3.48. The van der Waals surface area contributed by atoms with Crippen molar-refractivity contribution in [3.8, 4) is 0 Å². The summed E-state index contributed by atoms with van der Waals surface area (Å²) in [5, 5.41) is 3.56. The van der Waals surface area contributed by atoms with Gasteiger partial charge in [0.15, 0.2) is 0 Å². The number of nitrogens with zero attached hydrogens (tertiary/aromatic N) is 2. The Bertz CT molecular complexity index is 941.